The van der Waals surface area contributed by atoms with E-state index >= 15 is 0 Å². The molecule has 0 aromatic heterocycles. The van der Waals surface area contributed by atoms with E-state index in [1.165, 1.54) is 0 Å². The molecule has 3 amide bonds. The van der Waals surface area contributed by atoms with Gasteiger partial charge in [-0.2, -0.15) is 0 Å². The summed E-state index contributed by atoms with van der Waals surface area (Å²) in [4.78, 5) is 40.8. The van der Waals surface area contributed by atoms with Crippen LogP contribution in [0.1, 0.15) is 41.3 Å². The lowest BCUT2D eigenvalue weighted by molar-refractivity contribution is -0.143. The van der Waals surface area contributed by atoms with Gasteiger partial charge in [0.2, 0.25) is 11.8 Å². The van der Waals surface area contributed by atoms with Crippen LogP contribution >= 0.6 is 0 Å². The first-order chi connectivity index (χ1) is 16.9. The third-order valence-corrected chi connectivity index (χ3v) is 6.41. The van der Waals surface area contributed by atoms with Crippen LogP contribution < -0.4 is 10.1 Å². The zero-order valence-corrected chi connectivity index (χ0v) is 18.8. The third kappa shape index (κ3) is 4.41. The SMILES string of the molecule is [2H]C(Oc1cccc2c1CN(C1CCC(=C)NC1=O)C2=O)c1ccc(CN2CCOCC2=O)cc1. The normalized spacial score (nSPS) is 21.8. The van der Waals surface area contributed by atoms with Crippen molar-refractivity contribution < 1.29 is 25.2 Å². The lowest BCUT2D eigenvalue weighted by Crippen LogP contribution is -2.49. The van der Waals surface area contributed by atoms with Crippen molar-refractivity contribution in [3.63, 3.8) is 0 Å². The average Bonchev–Trinajstić information content (AvgIpc) is 3.18. The summed E-state index contributed by atoms with van der Waals surface area (Å²) in [6.45, 7) is 4.78. The molecule has 0 radical (unpaired) electrons. The van der Waals surface area contributed by atoms with Gasteiger partial charge in [-0.1, -0.05) is 36.9 Å². The van der Waals surface area contributed by atoms with Crippen molar-refractivity contribution in [1.82, 2.24) is 15.1 Å². The maximum absolute atomic E-state index is 13.0. The van der Waals surface area contributed by atoms with E-state index in [0.717, 1.165) is 5.56 Å². The zero-order valence-electron chi connectivity index (χ0n) is 19.8. The Morgan fingerprint density at radius 1 is 1.15 bits per heavy atom. The number of amides is 3. The molecule has 8 nitrogen and oxygen atoms in total. The van der Waals surface area contributed by atoms with Crippen LogP contribution in [-0.4, -0.2) is 53.3 Å². The van der Waals surface area contributed by atoms with Crippen LogP contribution in [0.4, 0.5) is 0 Å². The highest BCUT2D eigenvalue weighted by Gasteiger charge is 2.39. The van der Waals surface area contributed by atoms with Crippen molar-refractivity contribution in [2.75, 3.05) is 19.8 Å². The first kappa shape index (κ1) is 20.9. The number of hydrogen-bond donors (Lipinski definition) is 1. The largest absolute Gasteiger partial charge is 0.489 e. The number of benzene rings is 2. The molecule has 8 heteroatoms. The Bertz CT molecular complexity index is 1180. The van der Waals surface area contributed by atoms with E-state index in [2.05, 4.69) is 11.9 Å². The molecule has 2 aromatic carbocycles. The molecule has 2 saturated heterocycles. The molecular formula is C26H27N3O5. The summed E-state index contributed by atoms with van der Waals surface area (Å²) in [6.07, 6.45) is 1.16. The maximum Gasteiger partial charge on any atom is 0.255 e. The van der Waals surface area contributed by atoms with Crippen LogP contribution in [0.25, 0.3) is 0 Å². The molecule has 2 aromatic rings. The maximum atomic E-state index is 13.0. The lowest BCUT2D eigenvalue weighted by Gasteiger charge is -2.31. The number of nitrogens with zero attached hydrogens (tertiary/aromatic N) is 2. The van der Waals surface area contributed by atoms with Gasteiger partial charge in [-0.3, -0.25) is 14.4 Å². The van der Waals surface area contributed by atoms with Crippen molar-refractivity contribution in [3.05, 3.63) is 77.0 Å². The van der Waals surface area contributed by atoms with E-state index in [9.17, 15) is 14.4 Å². The highest BCUT2D eigenvalue weighted by molar-refractivity contribution is 6.02. The molecule has 3 aliphatic heterocycles. The molecule has 0 spiro atoms. The van der Waals surface area contributed by atoms with E-state index in [-0.39, 0.29) is 30.9 Å². The molecule has 5 rings (SSSR count). The van der Waals surface area contributed by atoms with Gasteiger partial charge in [-0.05, 0) is 36.1 Å². The second kappa shape index (κ2) is 9.30. The number of allylic oxidation sites excluding steroid dienone is 1. The van der Waals surface area contributed by atoms with Gasteiger partial charge in [0.1, 0.15) is 25.0 Å². The second-order valence-corrected chi connectivity index (χ2v) is 8.71. The van der Waals surface area contributed by atoms with Gasteiger partial charge in [0.15, 0.2) is 0 Å². The zero-order chi connectivity index (χ0) is 24.5. The average molecular weight is 463 g/mol. The van der Waals surface area contributed by atoms with Gasteiger partial charge in [0, 0.05) is 29.9 Å². The number of nitrogens with one attached hydrogen (secondary N) is 1. The highest BCUT2D eigenvalue weighted by Crippen LogP contribution is 2.34. The molecule has 2 fully saturated rings. The summed E-state index contributed by atoms with van der Waals surface area (Å²) < 4.78 is 19.7. The number of carbonyl (C=O) groups excluding carboxylic acids is 3. The van der Waals surface area contributed by atoms with Crippen molar-refractivity contribution in [1.29, 1.82) is 0 Å². The minimum atomic E-state index is -0.994. The molecule has 0 bridgehead atoms. The van der Waals surface area contributed by atoms with Gasteiger partial charge < -0.3 is 24.6 Å². The monoisotopic (exact) mass is 462 g/mol. The number of ether oxygens (including phenoxy) is 2. The van der Waals surface area contributed by atoms with Crippen molar-refractivity contribution in [3.8, 4) is 5.75 Å². The van der Waals surface area contributed by atoms with Gasteiger partial charge in [0.05, 0.1) is 14.5 Å². The predicted octanol–water partition coefficient (Wildman–Crippen LogP) is 2.37. The predicted molar refractivity (Wildman–Crippen MR) is 124 cm³/mol. The quantitative estimate of drug-likeness (QED) is 0.712. The van der Waals surface area contributed by atoms with Gasteiger partial charge in [-0.25, -0.2) is 0 Å². The van der Waals surface area contributed by atoms with E-state index in [1.54, 1.807) is 28.0 Å². The summed E-state index contributed by atoms with van der Waals surface area (Å²) in [6, 6.07) is 12.1. The van der Waals surface area contributed by atoms with Crippen LogP contribution in [0.2, 0.25) is 0 Å². The van der Waals surface area contributed by atoms with Crippen LogP contribution in [0.15, 0.2) is 54.7 Å². The van der Waals surface area contributed by atoms with Crippen LogP contribution in [0.5, 0.6) is 5.75 Å². The van der Waals surface area contributed by atoms with Gasteiger partial charge in [0.25, 0.3) is 5.91 Å². The van der Waals surface area contributed by atoms with Gasteiger partial charge in [-0.15, -0.1) is 0 Å². The number of piperidine rings is 1. The molecule has 3 heterocycles. The van der Waals surface area contributed by atoms with E-state index in [4.69, 9.17) is 10.8 Å². The highest BCUT2D eigenvalue weighted by atomic mass is 16.5. The number of hydrogen-bond acceptors (Lipinski definition) is 5. The topological polar surface area (TPSA) is 88.2 Å². The summed E-state index contributed by atoms with van der Waals surface area (Å²) in [5.41, 5.74) is 3.48. The number of fused-ring (bicyclic) bond motifs is 1. The molecule has 34 heavy (non-hydrogen) atoms. The molecular weight excluding hydrogens is 434 g/mol. The Morgan fingerprint density at radius 2 is 1.94 bits per heavy atom. The fourth-order valence-electron chi connectivity index (χ4n) is 4.52. The van der Waals surface area contributed by atoms with Crippen molar-refractivity contribution >= 4 is 17.7 Å². The molecule has 1 N–H and O–H groups in total. The third-order valence-electron chi connectivity index (χ3n) is 6.41. The lowest BCUT2D eigenvalue weighted by atomic mass is 10.0. The fraction of sp³-hybridized carbons (Fsp3) is 0.346. The Labute approximate surface area is 199 Å². The second-order valence-electron chi connectivity index (χ2n) is 8.71. The standard InChI is InChI=1S/C26H27N3O5/c1-17-5-10-22(25(31)27-17)29-14-21-20(26(29)32)3-2-4-23(21)34-15-19-8-6-18(7-9-19)13-28-11-12-33-16-24(28)30/h2-4,6-9,22H,1,5,10-16H2,(H,27,31)/i15D. The molecule has 3 aliphatic rings. The molecule has 2 unspecified atom stereocenters. The fourth-order valence-corrected chi connectivity index (χ4v) is 4.52. The van der Waals surface area contributed by atoms with Crippen molar-refractivity contribution in [2.24, 2.45) is 0 Å². The van der Waals surface area contributed by atoms with Gasteiger partial charge >= 0.3 is 0 Å². The van der Waals surface area contributed by atoms with E-state index < -0.39 is 12.6 Å². The van der Waals surface area contributed by atoms with Crippen molar-refractivity contribution in [2.45, 2.75) is 38.6 Å². The summed E-state index contributed by atoms with van der Waals surface area (Å²) in [5.74, 6) is 0.00456. The smallest absolute Gasteiger partial charge is 0.255 e. The molecule has 0 aliphatic carbocycles. The Hall–Kier alpha value is -3.65. The first-order valence-electron chi connectivity index (χ1n) is 11.9. The molecule has 2 atom stereocenters. The summed E-state index contributed by atoms with van der Waals surface area (Å²) in [5, 5.41) is 2.74. The number of morpholine rings is 1. The molecule has 176 valence electrons. The molecule has 0 saturated carbocycles. The summed E-state index contributed by atoms with van der Waals surface area (Å²) >= 11 is 0. The number of carbonyl (C=O) groups is 3. The van der Waals surface area contributed by atoms with Crippen LogP contribution in [-0.2, 0) is 34.0 Å². The van der Waals surface area contributed by atoms with E-state index in [0.29, 0.717) is 60.7 Å². The Balaban J connectivity index is 1.27. The van der Waals surface area contributed by atoms with Crippen LogP contribution in [0, 0.1) is 0 Å². The minimum Gasteiger partial charge on any atom is -0.489 e. The summed E-state index contributed by atoms with van der Waals surface area (Å²) in [7, 11) is 0. The first-order valence-corrected chi connectivity index (χ1v) is 11.4. The van der Waals surface area contributed by atoms with E-state index in [1.807, 2.05) is 24.3 Å². The Kier molecular flexibility index (Phi) is 5.73. The minimum absolute atomic E-state index is 0.0285. The van der Waals surface area contributed by atoms with Crippen LogP contribution in [0.3, 0.4) is 0 Å². The Morgan fingerprint density at radius 3 is 2.71 bits per heavy atom. The number of rotatable bonds is 6.